The molecule has 0 atom stereocenters. The Hall–Kier alpha value is -2.90. The van der Waals surface area contributed by atoms with E-state index in [1.807, 2.05) is 0 Å². The summed E-state index contributed by atoms with van der Waals surface area (Å²) in [5.74, 6) is -0.0368. The van der Waals surface area contributed by atoms with Gasteiger partial charge in [0.15, 0.2) is 0 Å². The molecule has 0 fully saturated rings. The summed E-state index contributed by atoms with van der Waals surface area (Å²) in [5, 5.41) is 11.0. The standard InChI is InChI=1S/C11H10N4O4/c1-18-10-9(15(16)17)11(14-6-13-10)19-8-4-2-3-7(12)5-8/h2-6H,12H2,1H3. The number of anilines is 1. The van der Waals surface area contributed by atoms with Crippen LogP contribution >= 0.6 is 0 Å². The molecule has 1 heterocycles. The first-order valence-corrected chi connectivity index (χ1v) is 5.18. The van der Waals surface area contributed by atoms with Gasteiger partial charge in [-0.05, 0) is 12.1 Å². The van der Waals surface area contributed by atoms with Gasteiger partial charge in [-0.3, -0.25) is 10.1 Å². The van der Waals surface area contributed by atoms with Crippen molar-refractivity contribution in [3.63, 3.8) is 0 Å². The Morgan fingerprint density at radius 2 is 2.05 bits per heavy atom. The largest absolute Gasteiger partial charge is 0.476 e. The molecule has 0 spiro atoms. The Balaban J connectivity index is 2.42. The van der Waals surface area contributed by atoms with Gasteiger partial charge in [-0.25, -0.2) is 0 Å². The smallest absolute Gasteiger partial charge is 0.392 e. The maximum Gasteiger partial charge on any atom is 0.392 e. The zero-order chi connectivity index (χ0) is 13.8. The monoisotopic (exact) mass is 262 g/mol. The SMILES string of the molecule is COc1ncnc(Oc2cccc(N)c2)c1[N+](=O)[O-]. The molecule has 2 aromatic rings. The lowest BCUT2D eigenvalue weighted by Crippen LogP contribution is -2.01. The van der Waals surface area contributed by atoms with Crippen molar-refractivity contribution < 1.29 is 14.4 Å². The quantitative estimate of drug-likeness (QED) is 0.507. The minimum absolute atomic E-state index is 0.168. The van der Waals surface area contributed by atoms with E-state index < -0.39 is 10.6 Å². The van der Waals surface area contributed by atoms with Gasteiger partial charge in [-0.2, -0.15) is 9.97 Å². The molecule has 2 rings (SSSR count). The molecule has 8 nitrogen and oxygen atoms in total. The van der Waals surface area contributed by atoms with Gasteiger partial charge in [0.1, 0.15) is 12.1 Å². The second kappa shape index (κ2) is 5.17. The minimum atomic E-state index is -0.666. The van der Waals surface area contributed by atoms with E-state index in [-0.39, 0.29) is 11.8 Å². The maximum atomic E-state index is 11.0. The van der Waals surface area contributed by atoms with E-state index in [1.165, 1.54) is 13.2 Å². The predicted molar refractivity (Wildman–Crippen MR) is 66.2 cm³/mol. The van der Waals surface area contributed by atoms with Gasteiger partial charge in [-0.1, -0.05) is 6.07 Å². The highest BCUT2D eigenvalue weighted by Gasteiger charge is 2.25. The van der Waals surface area contributed by atoms with Crippen LogP contribution in [0.25, 0.3) is 0 Å². The van der Waals surface area contributed by atoms with Gasteiger partial charge in [-0.15, -0.1) is 0 Å². The third-order valence-electron chi connectivity index (χ3n) is 2.20. The number of nitrogen functional groups attached to an aromatic ring is 1. The molecule has 0 saturated heterocycles. The lowest BCUT2D eigenvalue weighted by atomic mass is 10.3. The van der Waals surface area contributed by atoms with E-state index in [2.05, 4.69) is 9.97 Å². The molecule has 0 aliphatic rings. The number of benzene rings is 1. The van der Waals surface area contributed by atoms with Crippen LogP contribution in [0.1, 0.15) is 0 Å². The summed E-state index contributed by atoms with van der Waals surface area (Å²) in [7, 11) is 1.28. The van der Waals surface area contributed by atoms with Gasteiger partial charge in [0.2, 0.25) is 0 Å². The first-order chi connectivity index (χ1) is 9.11. The van der Waals surface area contributed by atoms with Crippen molar-refractivity contribution >= 4 is 11.4 Å². The highest BCUT2D eigenvalue weighted by Crippen LogP contribution is 2.35. The summed E-state index contributed by atoms with van der Waals surface area (Å²) < 4.78 is 10.2. The third kappa shape index (κ3) is 2.68. The second-order valence-electron chi connectivity index (χ2n) is 3.47. The molecule has 0 aliphatic heterocycles. The fraction of sp³-hybridized carbons (Fsp3) is 0.0909. The molecular formula is C11H10N4O4. The molecule has 1 aromatic heterocycles. The van der Waals surface area contributed by atoms with E-state index >= 15 is 0 Å². The second-order valence-corrected chi connectivity index (χ2v) is 3.47. The molecule has 0 radical (unpaired) electrons. The molecule has 2 N–H and O–H groups in total. The molecule has 8 heteroatoms. The van der Waals surface area contributed by atoms with E-state index in [0.717, 1.165) is 6.33 Å². The van der Waals surface area contributed by atoms with Gasteiger partial charge >= 0.3 is 17.4 Å². The average Bonchev–Trinajstić information content (AvgIpc) is 2.38. The Kier molecular flexibility index (Phi) is 3.42. The summed E-state index contributed by atoms with van der Waals surface area (Å²) >= 11 is 0. The van der Waals surface area contributed by atoms with Crippen molar-refractivity contribution in [3.05, 3.63) is 40.7 Å². The zero-order valence-electron chi connectivity index (χ0n) is 9.94. The Labute approximate surface area is 108 Å². The first-order valence-electron chi connectivity index (χ1n) is 5.18. The summed E-state index contributed by atoms with van der Waals surface area (Å²) in [6.45, 7) is 0. The predicted octanol–water partition coefficient (Wildman–Crippen LogP) is 1.77. The number of nitro groups is 1. The molecule has 0 unspecified atom stereocenters. The summed E-state index contributed by atoms with van der Waals surface area (Å²) in [6.07, 6.45) is 1.12. The Morgan fingerprint density at radius 1 is 1.32 bits per heavy atom. The molecule has 1 aromatic carbocycles. The number of methoxy groups -OCH3 is 1. The molecule has 19 heavy (non-hydrogen) atoms. The van der Waals surface area contributed by atoms with Crippen molar-refractivity contribution in [3.8, 4) is 17.5 Å². The molecule has 0 amide bonds. The Morgan fingerprint density at radius 3 is 2.68 bits per heavy atom. The van der Waals surface area contributed by atoms with E-state index in [9.17, 15) is 10.1 Å². The number of ether oxygens (including phenoxy) is 2. The van der Waals surface area contributed by atoms with Crippen molar-refractivity contribution in [2.24, 2.45) is 0 Å². The number of nitrogens with zero attached hydrogens (tertiary/aromatic N) is 3. The Bertz CT molecular complexity index is 617. The van der Waals surface area contributed by atoms with Crippen LogP contribution in [0.15, 0.2) is 30.6 Å². The molecule has 0 aliphatic carbocycles. The summed E-state index contributed by atoms with van der Waals surface area (Å²) in [5.41, 5.74) is 5.63. The molecular weight excluding hydrogens is 252 g/mol. The van der Waals surface area contributed by atoms with Crippen LogP contribution in [0.2, 0.25) is 0 Å². The van der Waals surface area contributed by atoms with Crippen molar-refractivity contribution in [1.29, 1.82) is 0 Å². The first kappa shape index (κ1) is 12.6. The van der Waals surface area contributed by atoms with Crippen LogP contribution in [0.4, 0.5) is 11.4 Å². The lowest BCUT2D eigenvalue weighted by molar-refractivity contribution is -0.387. The molecule has 0 bridgehead atoms. The highest BCUT2D eigenvalue weighted by molar-refractivity contribution is 5.52. The van der Waals surface area contributed by atoms with Crippen LogP contribution in [0.5, 0.6) is 17.5 Å². The van der Waals surface area contributed by atoms with Crippen molar-refractivity contribution in [2.45, 2.75) is 0 Å². The number of hydrogen-bond donors (Lipinski definition) is 1. The van der Waals surface area contributed by atoms with Crippen LogP contribution in [-0.2, 0) is 0 Å². The average molecular weight is 262 g/mol. The van der Waals surface area contributed by atoms with Gasteiger partial charge < -0.3 is 15.2 Å². The molecule has 0 saturated carbocycles. The summed E-state index contributed by atoms with van der Waals surface area (Å²) in [6, 6.07) is 6.46. The lowest BCUT2D eigenvalue weighted by Gasteiger charge is -2.07. The number of hydrogen-bond acceptors (Lipinski definition) is 7. The number of rotatable bonds is 4. The fourth-order valence-electron chi connectivity index (χ4n) is 1.42. The van der Waals surface area contributed by atoms with Crippen LogP contribution in [0.3, 0.4) is 0 Å². The minimum Gasteiger partial charge on any atom is -0.476 e. The van der Waals surface area contributed by atoms with Gasteiger partial charge in [0.05, 0.1) is 12.0 Å². The van der Waals surface area contributed by atoms with Crippen molar-refractivity contribution in [2.75, 3.05) is 12.8 Å². The maximum absolute atomic E-state index is 11.0. The number of aromatic nitrogens is 2. The van der Waals surface area contributed by atoms with Crippen molar-refractivity contribution in [1.82, 2.24) is 9.97 Å². The van der Waals surface area contributed by atoms with Crippen LogP contribution in [0, 0.1) is 10.1 Å². The normalized spacial score (nSPS) is 9.95. The zero-order valence-corrected chi connectivity index (χ0v) is 9.94. The highest BCUT2D eigenvalue weighted by atomic mass is 16.6. The van der Waals surface area contributed by atoms with Crippen LogP contribution in [-0.4, -0.2) is 22.0 Å². The summed E-state index contributed by atoms with van der Waals surface area (Å²) in [4.78, 5) is 17.7. The van der Waals surface area contributed by atoms with E-state index in [0.29, 0.717) is 11.4 Å². The number of nitrogens with two attached hydrogens (primary N) is 1. The third-order valence-corrected chi connectivity index (χ3v) is 2.20. The molecule has 98 valence electrons. The topological polar surface area (TPSA) is 113 Å². The fourth-order valence-corrected chi connectivity index (χ4v) is 1.42. The van der Waals surface area contributed by atoms with Gasteiger partial charge in [0, 0.05) is 11.8 Å². The van der Waals surface area contributed by atoms with Gasteiger partial charge in [0.25, 0.3) is 0 Å². The van der Waals surface area contributed by atoms with E-state index in [1.54, 1.807) is 18.2 Å². The van der Waals surface area contributed by atoms with Crippen LogP contribution < -0.4 is 15.2 Å². The van der Waals surface area contributed by atoms with E-state index in [4.69, 9.17) is 15.2 Å².